The summed E-state index contributed by atoms with van der Waals surface area (Å²) in [5, 5.41) is 20.4. The minimum absolute atomic E-state index is 0. The predicted molar refractivity (Wildman–Crippen MR) is 115 cm³/mol. The summed E-state index contributed by atoms with van der Waals surface area (Å²) in [6.45, 7) is 0. The third-order valence-electron chi connectivity index (χ3n) is 5.32. The molecule has 0 spiro atoms. The lowest BCUT2D eigenvalue weighted by molar-refractivity contribution is 0.0960. The van der Waals surface area contributed by atoms with Gasteiger partial charge in [-0.1, -0.05) is 29.3 Å². The van der Waals surface area contributed by atoms with E-state index < -0.39 is 6.10 Å². The van der Waals surface area contributed by atoms with Crippen LogP contribution in [0.3, 0.4) is 0 Å². The van der Waals surface area contributed by atoms with E-state index in [1.54, 1.807) is 27.7 Å². The van der Waals surface area contributed by atoms with E-state index in [9.17, 15) is 5.11 Å². The van der Waals surface area contributed by atoms with Crippen molar-refractivity contribution in [3.05, 3.63) is 57.7 Å². The zero-order valence-electron chi connectivity index (χ0n) is 15.9. The topological polar surface area (TPSA) is 94.8 Å². The highest BCUT2D eigenvalue weighted by Crippen LogP contribution is 2.33. The Labute approximate surface area is 185 Å². The van der Waals surface area contributed by atoms with Crippen LogP contribution in [0.25, 0.3) is 5.82 Å². The Morgan fingerprint density at radius 3 is 2.55 bits per heavy atom. The number of nitrogens with zero attached hydrogens (tertiary/aromatic N) is 5. The summed E-state index contributed by atoms with van der Waals surface area (Å²) in [4.78, 5) is 4.81. The predicted octanol–water partition coefficient (Wildman–Crippen LogP) is 3.28. The first-order valence-electron chi connectivity index (χ1n) is 9.24. The Morgan fingerprint density at radius 1 is 1.21 bits per heavy atom. The van der Waals surface area contributed by atoms with Crippen LogP contribution in [0.5, 0.6) is 0 Å². The molecule has 0 amide bonds. The molecule has 156 valence electrons. The van der Waals surface area contributed by atoms with E-state index in [4.69, 9.17) is 39.0 Å². The third kappa shape index (κ3) is 4.44. The van der Waals surface area contributed by atoms with Gasteiger partial charge in [0.15, 0.2) is 11.6 Å². The molecule has 3 N–H and O–H groups in total. The maximum atomic E-state index is 10.3. The first kappa shape index (κ1) is 22.1. The Morgan fingerprint density at radius 2 is 1.93 bits per heavy atom. The van der Waals surface area contributed by atoms with Crippen LogP contribution in [-0.4, -0.2) is 41.8 Å². The molecule has 1 aromatic carbocycles. The molecule has 0 aliphatic heterocycles. The highest BCUT2D eigenvalue weighted by atomic mass is 35.5. The van der Waals surface area contributed by atoms with Crippen molar-refractivity contribution in [3.8, 4) is 5.82 Å². The Kier molecular flexibility index (Phi) is 6.86. The second kappa shape index (κ2) is 9.02. The fourth-order valence-electron chi connectivity index (χ4n) is 3.72. The highest BCUT2D eigenvalue weighted by Gasteiger charge is 2.32. The molecule has 2 heterocycles. The lowest BCUT2D eigenvalue weighted by Crippen LogP contribution is -2.40. The molecule has 1 aliphatic rings. The quantitative estimate of drug-likeness (QED) is 0.627. The maximum Gasteiger partial charge on any atom is 0.155 e. The van der Waals surface area contributed by atoms with Crippen molar-refractivity contribution in [1.29, 1.82) is 0 Å². The number of benzene rings is 1. The van der Waals surface area contributed by atoms with Gasteiger partial charge in [0.2, 0.25) is 0 Å². The molecule has 7 nitrogen and oxygen atoms in total. The van der Waals surface area contributed by atoms with Crippen LogP contribution < -0.4 is 5.73 Å². The molecule has 0 bridgehead atoms. The number of nitrogens with two attached hydrogens (primary N) is 1. The number of hydrogen-bond acceptors (Lipinski definition) is 5. The second-order valence-electron chi connectivity index (χ2n) is 7.23. The SMILES string of the molecule is Cl.Cn1nccc1-n1nc(Cc2c(Cl)cccc2Cl)nc1[C@H]1CC[C@@H](N)[C@H](O)C1. The third-order valence-corrected chi connectivity index (χ3v) is 6.03. The van der Waals surface area contributed by atoms with Gasteiger partial charge in [-0.2, -0.15) is 9.78 Å². The summed E-state index contributed by atoms with van der Waals surface area (Å²) < 4.78 is 3.55. The van der Waals surface area contributed by atoms with Gasteiger partial charge >= 0.3 is 0 Å². The number of hydrogen-bond donors (Lipinski definition) is 2. The zero-order chi connectivity index (χ0) is 19.8. The average Bonchev–Trinajstić information content (AvgIpc) is 3.26. The molecule has 1 aliphatic carbocycles. The van der Waals surface area contributed by atoms with Crippen LogP contribution in [-0.2, 0) is 13.5 Å². The standard InChI is InChI=1S/C19H22Cl2N6O.ClH/c1-26-18(7-8-23-26)27-19(11-5-6-15(22)16(28)9-11)24-17(25-27)10-12-13(20)3-2-4-14(12)21;/h2-4,7-8,11,15-16,28H,5-6,9-10,22H2,1H3;1H/t11-,15+,16+;/m0./s1. The second-order valence-corrected chi connectivity index (χ2v) is 8.04. The normalized spacial score (nSPS) is 21.8. The number of halogens is 3. The molecule has 0 saturated heterocycles. The van der Waals surface area contributed by atoms with Gasteiger partial charge < -0.3 is 10.8 Å². The highest BCUT2D eigenvalue weighted by molar-refractivity contribution is 6.36. The Balaban J connectivity index is 0.00000240. The largest absolute Gasteiger partial charge is 0.391 e. The van der Waals surface area contributed by atoms with Crippen LogP contribution in [0, 0.1) is 0 Å². The molecule has 10 heteroatoms. The first-order valence-corrected chi connectivity index (χ1v) is 10.0. The minimum Gasteiger partial charge on any atom is -0.391 e. The molecule has 1 saturated carbocycles. The molecular formula is C19H23Cl3N6O. The lowest BCUT2D eigenvalue weighted by atomic mass is 9.84. The van der Waals surface area contributed by atoms with Gasteiger partial charge in [0.05, 0.1) is 12.3 Å². The number of aryl methyl sites for hydroxylation is 1. The molecule has 0 unspecified atom stereocenters. The van der Waals surface area contributed by atoms with Crippen LogP contribution >= 0.6 is 35.6 Å². The summed E-state index contributed by atoms with van der Waals surface area (Å²) in [5.74, 6) is 2.29. The fourth-order valence-corrected chi connectivity index (χ4v) is 4.25. The van der Waals surface area contributed by atoms with Crippen molar-refractivity contribution in [3.63, 3.8) is 0 Å². The molecule has 0 radical (unpaired) electrons. The van der Waals surface area contributed by atoms with E-state index in [0.717, 1.165) is 30.0 Å². The van der Waals surface area contributed by atoms with Gasteiger partial charge in [-0.15, -0.1) is 17.5 Å². The van der Waals surface area contributed by atoms with E-state index in [1.807, 2.05) is 19.2 Å². The van der Waals surface area contributed by atoms with Crippen molar-refractivity contribution in [1.82, 2.24) is 24.5 Å². The fraction of sp³-hybridized carbons (Fsp3) is 0.421. The molecule has 1 fully saturated rings. The summed E-state index contributed by atoms with van der Waals surface area (Å²) in [5.41, 5.74) is 6.78. The van der Waals surface area contributed by atoms with Gasteiger partial charge in [-0.25, -0.2) is 4.98 Å². The van der Waals surface area contributed by atoms with Crippen molar-refractivity contribution in [2.75, 3.05) is 0 Å². The van der Waals surface area contributed by atoms with E-state index in [-0.39, 0.29) is 24.4 Å². The van der Waals surface area contributed by atoms with Gasteiger partial charge in [-0.05, 0) is 37.0 Å². The summed E-state index contributed by atoms with van der Waals surface area (Å²) in [6, 6.07) is 7.12. The van der Waals surface area contributed by atoms with E-state index in [2.05, 4.69) is 5.10 Å². The van der Waals surface area contributed by atoms with Crippen molar-refractivity contribution in [2.45, 2.75) is 43.7 Å². The molecule has 4 rings (SSSR count). The molecular weight excluding hydrogens is 435 g/mol. The van der Waals surface area contributed by atoms with Gasteiger partial charge in [0.1, 0.15) is 5.82 Å². The molecule has 29 heavy (non-hydrogen) atoms. The van der Waals surface area contributed by atoms with Crippen molar-refractivity contribution in [2.24, 2.45) is 12.8 Å². The van der Waals surface area contributed by atoms with E-state index >= 15 is 0 Å². The molecule has 2 aromatic heterocycles. The summed E-state index contributed by atoms with van der Waals surface area (Å²) in [6.07, 6.45) is 3.75. The maximum absolute atomic E-state index is 10.3. The van der Waals surface area contributed by atoms with Crippen LogP contribution in [0.1, 0.15) is 42.4 Å². The van der Waals surface area contributed by atoms with Gasteiger partial charge in [-0.3, -0.25) is 4.68 Å². The van der Waals surface area contributed by atoms with E-state index in [0.29, 0.717) is 28.7 Å². The number of aliphatic hydroxyl groups excluding tert-OH is 1. The van der Waals surface area contributed by atoms with Crippen molar-refractivity contribution < 1.29 is 5.11 Å². The minimum atomic E-state index is -0.545. The smallest absolute Gasteiger partial charge is 0.155 e. The van der Waals surface area contributed by atoms with E-state index in [1.165, 1.54) is 0 Å². The number of aromatic nitrogens is 5. The zero-order valence-corrected chi connectivity index (χ0v) is 18.2. The summed E-state index contributed by atoms with van der Waals surface area (Å²) >= 11 is 12.7. The first-order chi connectivity index (χ1) is 13.4. The van der Waals surface area contributed by atoms with Crippen molar-refractivity contribution >= 4 is 35.6 Å². The number of aliphatic hydroxyl groups is 1. The van der Waals surface area contributed by atoms with Gasteiger partial charge in [0.25, 0.3) is 0 Å². The average molecular weight is 458 g/mol. The molecule has 3 atom stereocenters. The van der Waals surface area contributed by atoms with Crippen LogP contribution in [0.15, 0.2) is 30.5 Å². The summed E-state index contributed by atoms with van der Waals surface area (Å²) in [7, 11) is 1.86. The van der Waals surface area contributed by atoms with Gasteiger partial charge in [0, 0.05) is 41.5 Å². The number of rotatable bonds is 4. The van der Waals surface area contributed by atoms with Crippen LogP contribution in [0.4, 0.5) is 0 Å². The Bertz CT molecular complexity index is 968. The lowest BCUT2D eigenvalue weighted by Gasteiger charge is -2.30. The monoisotopic (exact) mass is 456 g/mol. The molecule has 3 aromatic rings. The van der Waals surface area contributed by atoms with Crippen LogP contribution in [0.2, 0.25) is 10.0 Å². The Hall–Kier alpha value is -1.64.